The highest BCUT2D eigenvalue weighted by Gasteiger charge is 2.08. The molecular formula is C10H9ClN2O. The number of hydrogen-bond donors (Lipinski definition) is 1. The lowest BCUT2D eigenvalue weighted by Gasteiger charge is -2.07. The molecule has 0 amide bonds. The summed E-state index contributed by atoms with van der Waals surface area (Å²) in [4.78, 5) is 4.16. The van der Waals surface area contributed by atoms with E-state index in [4.69, 9.17) is 22.1 Å². The predicted molar refractivity (Wildman–Crippen MR) is 57.7 cm³/mol. The molecule has 0 aliphatic carbocycles. The Bertz CT molecular complexity index is 485. The van der Waals surface area contributed by atoms with Gasteiger partial charge < -0.3 is 10.5 Å². The molecule has 0 aliphatic rings. The molecule has 1 aromatic carbocycles. The number of pyridine rings is 1. The molecular weight excluding hydrogens is 200 g/mol. The molecule has 2 N–H and O–H groups in total. The van der Waals surface area contributed by atoms with Crippen LogP contribution in [0.1, 0.15) is 0 Å². The van der Waals surface area contributed by atoms with E-state index >= 15 is 0 Å². The maximum Gasteiger partial charge on any atom is 0.130 e. The zero-order valence-corrected chi connectivity index (χ0v) is 8.38. The van der Waals surface area contributed by atoms with E-state index in [-0.39, 0.29) is 0 Å². The number of anilines is 1. The van der Waals surface area contributed by atoms with Crippen molar-refractivity contribution in [3.63, 3.8) is 0 Å². The van der Waals surface area contributed by atoms with Crippen molar-refractivity contribution in [2.45, 2.75) is 0 Å². The Kier molecular flexibility index (Phi) is 2.17. The molecule has 0 radical (unpaired) electrons. The van der Waals surface area contributed by atoms with Gasteiger partial charge in [0.15, 0.2) is 0 Å². The van der Waals surface area contributed by atoms with Crippen molar-refractivity contribution in [2.75, 3.05) is 12.8 Å². The molecule has 0 bridgehead atoms. The van der Waals surface area contributed by atoms with Crippen LogP contribution in [0.4, 0.5) is 5.69 Å². The lowest BCUT2D eigenvalue weighted by atomic mass is 10.1. The number of rotatable bonds is 1. The Hall–Kier alpha value is -1.48. The van der Waals surface area contributed by atoms with Crippen LogP contribution in [-0.4, -0.2) is 12.1 Å². The van der Waals surface area contributed by atoms with E-state index in [9.17, 15) is 0 Å². The van der Waals surface area contributed by atoms with E-state index in [2.05, 4.69) is 4.98 Å². The molecule has 72 valence electrons. The Morgan fingerprint density at radius 3 is 2.86 bits per heavy atom. The fourth-order valence-corrected chi connectivity index (χ4v) is 1.60. The monoisotopic (exact) mass is 208 g/mol. The van der Waals surface area contributed by atoms with E-state index in [1.807, 2.05) is 0 Å². The van der Waals surface area contributed by atoms with Gasteiger partial charge in [0.2, 0.25) is 0 Å². The predicted octanol–water partition coefficient (Wildman–Crippen LogP) is 2.48. The summed E-state index contributed by atoms with van der Waals surface area (Å²) in [6.07, 6.45) is 1.63. The highest BCUT2D eigenvalue weighted by molar-refractivity contribution is 6.35. The second kappa shape index (κ2) is 3.35. The van der Waals surface area contributed by atoms with Gasteiger partial charge in [-0.15, -0.1) is 0 Å². The molecule has 0 atom stereocenters. The number of hydrogen-bond acceptors (Lipinski definition) is 3. The Morgan fingerprint density at radius 2 is 2.14 bits per heavy atom. The van der Waals surface area contributed by atoms with E-state index in [1.165, 1.54) is 0 Å². The molecule has 0 aliphatic heterocycles. The van der Waals surface area contributed by atoms with Crippen molar-refractivity contribution >= 4 is 28.2 Å². The molecule has 3 nitrogen and oxygen atoms in total. The summed E-state index contributed by atoms with van der Waals surface area (Å²) < 4.78 is 5.18. The quantitative estimate of drug-likeness (QED) is 0.783. The Labute approximate surface area is 86.5 Å². The average molecular weight is 209 g/mol. The summed E-state index contributed by atoms with van der Waals surface area (Å²) in [7, 11) is 1.59. The Balaban J connectivity index is 2.92. The SMILES string of the molecule is COc1ccc(Cl)c2nccc(N)c12. The first kappa shape index (κ1) is 9.09. The lowest BCUT2D eigenvalue weighted by Crippen LogP contribution is -1.93. The zero-order chi connectivity index (χ0) is 10.1. The van der Waals surface area contributed by atoms with Gasteiger partial charge in [0.05, 0.1) is 23.0 Å². The first-order valence-corrected chi connectivity index (χ1v) is 4.48. The van der Waals surface area contributed by atoms with Crippen LogP contribution in [0, 0.1) is 0 Å². The van der Waals surface area contributed by atoms with E-state index in [1.54, 1.807) is 31.5 Å². The minimum absolute atomic E-state index is 0.577. The average Bonchev–Trinajstić information content (AvgIpc) is 2.20. The van der Waals surface area contributed by atoms with Crippen LogP contribution in [0.5, 0.6) is 5.75 Å². The molecule has 0 saturated carbocycles. The molecule has 1 heterocycles. The number of ether oxygens (including phenoxy) is 1. The van der Waals surface area contributed by atoms with Crippen LogP contribution in [0.15, 0.2) is 24.4 Å². The van der Waals surface area contributed by atoms with Crippen molar-refractivity contribution in [1.82, 2.24) is 4.98 Å². The number of methoxy groups -OCH3 is 1. The van der Waals surface area contributed by atoms with Gasteiger partial charge in [0.25, 0.3) is 0 Å². The summed E-state index contributed by atoms with van der Waals surface area (Å²) in [6.45, 7) is 0. The second-order valence-electron chi connectivity index (χ2n) is 2.87. The van der Waals surface area contributed by atoms with E-state index in [0.29, 0.717) is 22.0 Å². The van der Waals surface area contributed by atoms with Crippen molar-refractivity contribution in [3.05, 3.63) is 29.4 Å². The molecule has 2 rings (SSSR count). The minimum atomic E-state index is 0.577. The van der Waals surface area contributed by atoms with E-state index < -0.39 is 0 Å². The maximum absolute atomic E-state index is 5.98. The normalized spacial score (nSPS) is 10.4. The fourth-order valence-electron chi connectivity index (χ4n) is 1.40. The van der Waals surface area contributed by atoms with Gasteiger partial charge in [0.1, 0.15) is 5.75 Å². The van der Waals surface area contributed by atoms with Crippen molar-refractivity contribution in [2.24, 2.45) is 0 Å². The Morgan fingerprint density at radius 1 is 1.36 bits per heavy atom. The summed E-state index contributed by atoms with van der Waals surface area (Å²) >= 11 is 5.98. The number of benzene rings is 1. The molecule has 14 heavy (non-hydrogen) atoms. The molecule has 0 saturated heterocycles. The van der Waals surface area contributed by atoms with E-state index in [0.717, 1.165) is 5.39 Å². The number of aromatic nitrogens is 1. The molecule has 0 unspecified atom stereocenters. The van der Waals surface area contributed by atoms with Crippen LogP contribution in [0.2, 0.25) is 5.02 Å². The smallest absolute Gasteiger partial charge is 0.130 e. The summed E-state index contributed by atoms with van der Waals surface area (Å²) in [5.41, 5.74) is 7.11. The van der Waals surface area contributed by atoms with Crippen LogP contribution >= 0.6 is 11.6 Å². The van der Waals surface area contributed by atoms with Gasteiger partial charge in [0, 0.05) is 11.9 Å². The topological polar surface area (TPSA) is 48.1 Å². The van der Waals surface area contributed by atoms with Gasteiger partial charge in [-0.05, 0) is 18.2 Å². The summed E-state index contributed by atoms with van der Waals surface area (Å²) in [6, 6.07) is 5.25. The fraction of sp³-hybridized carbons (Fsp3) is 0.100. The molecule has 2 aromatic rings. The second-order valence-corrected chi connectivity index (χ2v) is 3.28. The number of nitrogens with two attached hydrogens (primary N) is 1. The molecule has 1 aromatic heterocycles. The maximum atomic E-state index is 5.98. The number of fused-ring (bicyclic) bond motifs is 1. The van der Waals surface area contributed by atoms with Crippen LogP contribution in [0.25, 0.3) is 10.9 Å². The number of nitrogens with zero attached hydrogens (tertiary/aromatic N) is 1. The van der Waals surface area contributed by atoms with Gasteiger partial charge in [-0.1, -0.05) is 11.6 Å². The highest BCUT2D eigenvalue weighted by Crippen LogP contribution is 2.33. The third kappa shape index (κ3) is 1.26. The van der Waals surface area contributed by atoms with Crippen LogP contribution in [0.3, 0.4) is 0 Å². The summed E-state index contributed by atoms with van der Waals surface area (Å²) in [5, 5.41) is 1.34. The van der Waals surface area contributed by atoms with Gasteiger partial charge in [-0.3, -0.25) is 4.98 Å². The third-order valence-electron chi connectivity index (χ3n) is 2.06. The van der Waals surface area contributed by atoms with Gasteiger partial charge in [-0.25, -0.2) is 0 Å². The van der Waals surface area contributed by atoms with Crippen molar-refractivity contribution in [3.8, 4) is 5.75 Å². The standard InChI is InChI=1S/C10H9ClN2O/c1-14-8-3-2-6(11)10-9(8)7(12)4-5-13-10/h2-5H,1H3,(H2,12,13). The van der Waals surface area contributed by atoms with Crippen LogP contribution in [-0.2, 0) is 0 Å². The number of halogens is 1. The third-order valence-corrected chi connectivity index (χ3v) is 2.36. The van der Waals surface area contributed by atoms with Gasteiger partial charge >= 0.3 is 0 Å². The van der Waals surface area contributed by atoms with Gasteiger partial charge in [-0.2, -0.15) is 0 Å². The first-order chi connectivity index (χ1) is 6.74. The largest absolute Gasteiger partial charge is 0.496 e. The van der Waals surface area contributed by atoms with Crippen molar-refractivity contribution in [1.29, 1.82) is 0 Å². The lowest BCUT2D eigenvalue weighted by molar-refractivity contribution is 0.420. The van der Waals surface area contributed by atoms with Crippen molar-refractivity contribution < 1.29 is 4.74 Å². The summed E-state index contributed by atoms with van der Waals surface area (Å²) in [5.74, 6) is 0.690. The van der Waals surface area contributed by atoms with Crippen LogP contribution < -0.4 is 10.5 Å². The molecule has 4 heteroatoms. The molecule has 0 spiro atoms. The zero-order valence-electron chi connectivity index (χ0n) is 7.62. The highest BCUT2D eigenvalue weighted by atomic mass is 35.5. The molecule has 0 fully saturated rings. The first-order valence-electron chi connectivity index (χ1n) is 4.10. The minimum Gasteiger partial charge on any atom is -0.496 e. The number of nitrogen functional groups attached to an aromatic ring is 1.